The zero-order valence-corrected chi connectivity index (χ0v) is 10.1. The van der Waals surface area contributed by atoms with E-state index in [1.807, 2.05) is 18.2 Å². The summed E-state index contributed by atoms with van der Waals surface area (Å²) in [5.74, 6) is 1.19. The highest BCUT2D eigenvalue weighted by atomic mass is 16.3. The normalized spacial score (nSPS) is 28.1. The van der Waals surface area contributed by atoms with E-state index in [-0.39, 0.29) is 5.41 Å². The van der Waals surface area contributed by atoms with Gasteiger partial charge >= 0.3 is 0 Å². The van der Waals surface area contributed by atoms with Gasteiger partial charge in [-0.15, -0.1) is 0 Å². The molecule has 2 heteroatoms. The van der Waals surface area contributed by atoms with Crippen molar-refractivity contribution in [1.29, 1.82) is 0 Å². The molecular formula is C14H21NO. The van der Waals surface area contributed by atoms with Gasteiger partial charge in [0.05, 0.1) is 0 Å². The quantitative estimate of drug-likeness (QED) is 0.798. The third-order valence-electron chi connectivity index (χ3n) is 4.05. The summed E-state index contributed by atoms with van der Waals surface area (Å²) in [6.45, 7) is 5.71. The Labute approximate surface area is 97.7 Å². The molecule has 2 rings (SSSR count). The lowest BCUT2D eigenvalue weighted by atomic mass is 9.90. The van der Waals surface area contributed by atoms with Crippen LogP contribution in [0, 0.1) is 17.3 Å². The van der Waals surface area contributed by atoms with Gasteiger partial charge in [-0.1, -0.05) is 32.0 Å². The van der Waals surface area contributed by atoms with Crippen LogP contribution in [-0.2, 0) is 0 Å². The highest BCUT2D eigenvalue weighted by Crippen LogP contribution is 2.57. The molecule has 88 valence electrons. The van der Waals surface area contributed by atoms with Gasteiger partial charge in [0.1, 0.15) is 0 Å². The van der Waals surface area contributed by atoms with E-state index in [0.29, 0.717) is 18.4 Å². The average molecular weight is 219 g/mol. The van der Waals surface area contributed by atoms with E-state index in [4.69, 9.17) is 0 Å². The van der Waals surface area contributed by atoms with Crippen LogP contribution in [0.1, 0.15) is 20.3 Å². The van der Waals surface area contributed by atoms with Crippen molar-refractivity contribution in [1.82, 2.24) is 0 Å². The van der Waals surface area contributed by atoms with E-state index in [1.54, 1.807) is 0 Å². The molecule has 1 aromatic rings. The van der Waals surface area contributed by atoms with Crippen LogP contribution >= 0.6 is 0 Å². The van der Waals surface area contributed by atoms with Crippen LogP contribution in [0.5, 0.6) is 0 Å². The van der Waals surface area contributed by atoms with Crippen molar-refractivity contribution in [2.24, 2.45) is 17.3 Å². The smallest absolute Gasteiger partial charge is 0.0493 e. The maximum atomic E-state index is 9.47. The largest absolute Gasteiger partial charge is 0.396 e. The second kappa shape index (κ2) is 4.46. The van der Waals surface area contributed by atoms with E-state index >= 15 is 0 Å². The predicted molar refractivity (Wildman–Crippen MR) is 67.4 cm³/mol. The lowest BCUT2D eigenvalue weighted by Gasteiger charge is -2.19. The van der Waals surface area contributed by atoms with E-state index in [2.05, 4.69) is 31.3 Å². The topological polar surface area (TPSA) is 32.3 Å². The fraction of sp³-hybridized carbons (Fsp3) is 0.571. The van der Waals surface area contributed by atoms with E-state index in [0.717, 1.165) is 13.0 Å². The van der Waals surface area contributed by atoms with Gasteiger partial charge in [0.15, 0.2) is 0 Å². The number of hydrogen-bond donors (Lipinski definition) is 2. The molecule has 2 atom stereocenters. The lowest BCUT2D eigenvalue weighted by molar-refractivity contribution is 0.158. The number of rotatable bonds is 5. The number of benzene rings is 1. The van der Waals surface area contributed by atoms with Crippen LogP contribution < -0.4 is 5.32 Å². The minimum absolute atomic E-state index is 0.182. The van der Waals surface area contributed by atoms with Crippen molar-refractivity contribution in [2.75, 3.05) is 18.5 Å². The molecule has 0 aromatic heterocycles. The molecule has 1 aromatic carbocycles. The number of anilines is 1. The standard InChI is InChI=1S/C14H21NO/c1-11(2)14(10-16)8-12(14)9-15-13-6-4-3-5-7-13/h3-7,11-12,15-16H,8-10H2,1-2H3. The molecule has 1 aliphatic rings. The third kappa shape index (κ3) is 2.07. The number of aliphatic hydroxyl groups is 1. The van der Waals surface area contributed by atoms with Gasteiger partial charge in [-0.05, 0) is 30.4 Å². The minimum atomic E-state index is 0.182. The first-order chi connectivity index (χ1) is 7.69. The SMILES string of the molecule is CC(C)C1(CO)CC1CNc1ccccc1. The summed E-state index contributed by atoms with van der Waals surface area (Å²) in [5, 5.41) is 12.9. The van der Waals surface area contributed by atoms with Gasteiger partial charge in [0.2, 0.25) is 0 Å². The highest BCUT2D eigenvalue weighted by molar-refractivity contribution is 5.42. The molecule has 2 N–H and O–H groups in total. The monoisotopic (exact) mass is 219 g/mol. The maximum Gasteiger partial charge on any atom is 0.0493 e. The first-order valence-electron chi connectivity index (χ1n) is 6.09. The molecule has 16 heavy (non-hydrogen) atoms. The maximum absolute atomic E-state index is 9.47. The Hall–Kier alpha value is -1.02. The zero-order valence-electron chi connectivity index (χ0n) is 10.1. The fourth-order valence-electron chi connectivity index (χ4n) is 2.56. The summed E-state index contributed by atoms with van der Waals surface area (Å²) in [5.41, 5.74) is 1.35. The van der Waals surface area contributed by atoms with Gasteiger partial charge < -0.3 is 10.4 Å². The van der Waals surface area contributed by atoms with Gasteiger partial charge in [0.25, 0.3) is 0 Å². The third-order valence-corrected chi connectivity index (χ3v) is 4.05. The van der Waals surface area contributed by atoms with Crippen molar-refractivity contribution in [3.63, 3.8) is 0 Å². The molecule has 2 unspecified atom stereocenters. The lowest BCUT2D eigenvalue weighted by Crippen LogP contribution is -2.20. The Balaban J connectivity index is 1.85. The molecule has 0 spiro atoms. The van der Waals surface area contributed by atoms with Crippen LogP contribution in [-0.4, -0.2) is 18.3 Å². The molecule has 0 radical (unpaired) electrons. The first-order valence-corrected chi connectivity index (χ1v) is 6.09. The van der Waals surface area contributed by atoms with E-state index in [1.165, 1.54) is 5.69 Å². The zero-order chi connectivity index (χ0) is 11.6. The Morgan fingerprint density at radius 2 is 2.06 bits per heavy atom. The number of nitrogens with one attached hydrogen (secondary N) is 1. The van der Waals surface area contributed by atoms with Crippen LogP contribution in [0.4, 0.5) is 5.69 Å². The summed E-state index contributed by atoms with van der Waals surface area (Å²) in [6, 6.07) is 10.3. The van der Waals surface area contributed by atoms with Crippen LogP contribution in [0.25, 0.3) is 0 Å². The van der Waals surface area contributed by atoms with Crippen molar-refractivity contribution in [2.45, 2.75) is 20.3 Å². The van der Waals surface area contributed by atoms with Crippen molar-refractivity contribution in [3.05, 3.63) is 30.3 Å². The molecule has 0 heterocycles. The van der Waals surface area contributed by atoms with Crippen LogP contribution in [0.15, 0.2) is 30.3 Å². The van der Waals surface area contributed by atoms with Crippen LogP contribution in [0.3, 0.4) is 0 Å². The van der Waals surface area contributed by atoms with Gasteiger partial charge in [0, 0.05) is 24.3 Å². The molecular weight excluding hydrogens is 198 g/mol. The fourth-order valence-corrected chi connectivity index (χ4v) is 2.56. The Morgan fingerprint density at radius 3 is 2.56 bits per heavy atom. The Bertz CT molecular complexity index is 336. The first kappa shape index (κ1) is 11.5. The molecule has 1 aliphatic carbocycles. The Morgan fingerprint density at radius 1 is 1.38 bits per heavy atom. The summed E-state index contributed by atoms with van der Waals surface area (Å²) in [7, 11) is 0. The highest BCUT2D eigenvalue weighted by Gasteiger charge is 2.55. The second-order valence-corrected chi connectivity index (χ2v) is 5.19. The summed E-state index contributed by atoms with van der Waals surface area (Å²) in [4.78, 5) is 0. The van der Waals surface area contributed by atoms with E-state index < -0.39 is 0 Å². The average Bonchev–Trinajstić information content (AvgIpc) is 3.03. The van der Waals surface area contributed by atoms with Gasteiger partial charge in [-0.2, -0.15) is 0 Å². The number of aliphatic hydroxyl groups excluding tert-OH is 1. The molecule has 0 aliphatic heterocycles. The molecule has 0 amide bonds. The van der Waals surface area contributed by atoms with Crippen molar-refractivity contribution >= 4 is 5.69 Å². The Kier molecular flexibility index (Phi) is 3.20. The molecule has 0 bridgehead atoms. The molecule has 0 saturated heterocycles. The number of para-hydroxylation sites is 1. The predicted octanol–water partition coefficient (Wildman–Crippen LogP) is 2.75. The van der Waals surface area contributed by atoms with Gasteiger partial charge in [-0.3, -0.25) is 0 Å². The molecule has 2 nitrogen and oxygen atoms in total. The van der Waals surface area contributed by atoms with Crippen LogP contribution in [0.2, 0.25) is 0 Å². The summed E-state index contributed by atoms with van der Waals surface area (Å²) >= 11 is 0. The van der Waals surface area contributed by atoms with Crippen molar-refractivity contribution < 1.29 is 5.11 Å². The molecule has 1 fully saturated rings. The van der Waals surface area contributed by atoms with Gasteiger partial charge in [-0.25, -0.2) is 0 Å². The number of hydrogen-bond acceptors (Lipinski definition) is 2. The van der Waals surface area contributed by atoms with Crippen molar-refractivity contribution in [3.8, 4) is 0 Å². The minimum Gasteiger partial charge on any atom is -0.396 e. The van der Waals surface area contributed by atoms with E-state index in [9.17, 15) is 5.11 Å². The molecule has 1 saturated carbocycles. The summed E-state index contributed by atoms with van der Waals surface area (Å²) in [6.07, 6.45) is 1.15. The second-order valence-electron chi connectivity index (χ2n) is 5.19. The summed E-state index contributed by atoms with van der Waals surface area (Å²) < 4.78 is 0.